The van der Waals surface area contributed by atoms with Gasteiger partial charge in [0.25, 0.3) is 0 Å². The Morgan fingerprint density at radius 2 is 1.91 bits per heavy atom. The third-order valence-corrected chi connectivity index (χ3v) is 3.20. The van der Waals surface area contributed by atoms with E-state index < -0.39 is 17.4 Å². The summed E-state index contributed by atoms with van der Waals surface area (Å²) < 4.78 is 5.90. The van der Waals surface area contributed by atoms with Crippen LogP contribution in [0, 0.1) is 0 Å². The van der Waals surface area contributed by atoms with Crippen molar-refractivity contribution in [2.45, 2.75) is 6.54 Å². The van der Waals surface area contributed by atoms with E-state index in [2.05, 4.69) is 9.40 Å². The molecule has 0 aliphatic rings. The van der Waals surface area contributed by atoms with Gasteiger partial charge in [0.15, 0.2) is 5.65 Å². The van der Waals surface area contributed by atoms with Crippen molar-refractivity contribution in [1.82, 2.24) is 9.55 Å². The van der Waals surface area contributed by atoms with Gasteiger partial charge in [-0.05, 0) is 29.8 Å². The van der Waals surface area contributed by atoms with Crippen molar-refractivity contribution in [1.29, 1.82) is 0 Å². The second kappa shape index (κ2) is 5.28. The Balaban J connectivity index is 2.09. The maximum absolute atomic E-state index is 11.9. The van der Waals surface area contributed by atoms with E-state index in [9.17, 15) is 14.4 Å². The number of nitrogens with zero attached hydrogens (tertiary/aromatic N) is 2. The molecule has 0 aliphatic carbocycles. The largest absolute Gasteiger partial charge is 0.478 e. The smallest absolute Gasteiger partial charge is 0.423 e. The lowest BCUT2D eigenvalue weighted by molar-refractivity contribution is 0.0697. The Hall–Kier alpha value is -3.22. The van der Waals surface area contributed by atoms with Crippen LogP contribution in [0.25, 0.3) is 11.0 Å². The third-order valence-electron chi connectivity index (χ3n) is 3.20. The molecule has 0 bridgehead atoms. The van der Waals surface area contributed by atoms with Gasteiger partial charge in [-0.25, -0.2) is 19.4 Å². The first-order valence-corrected chi connectivity index (χ1v) is 6.37. The second-order valence-electron chi connectivity index (χ2n) is 4.62. The monoisotopic (exact) mass is 298 g/mol. The van der Waals surface area contributed by atoms with Gasteiger partial charge in [0.2, 0.25) is 0 Å². The highest BCUT2D eigenvalue weighted by atomic mass is 16.4. The van der Waals surface area contributed by atoms with Gasteiger partial charge < -0.3 is 9.52 Å². The number of aromatic nitrogens is 2. The standard InChI is InChI=1S/C15H10N2O5/c18-13(19)10-5-3-9(4-6-10)8-17-12-11(2-1-7-16-12)14(20)22-15(17)21/h1-7H,8H2,(H,18,19). The second-order valence-corrected chi connectivity index (χ2v) is 4.62. The van der Waals surface area contributed by atoms with E-state index in [0.717, 1.165) is 0 Å². The molecule has 0 amide bonds. The number of fused-ring (bicyclic) bond motifs is 1. The molecule has 22 heavy (non-hydrogen) atoms. The highest BCUT2D eigenvalue weighted by Gasteiger charge is 2.11. The van der Waals surface area contributed by atoms with Gasteiger partial charge in [0, 0.05) is 6.20 Å². The van der Waals surface area contributed by atoms with E-state index in [1.165, 1.54) is 29.0 Å². The fraction of sp³-hybridized carbons (Fsp3) is 0.0667. The van der Waals surface area contributed by atoms with Gasteiger partial charge in [-0.2, -0.15) is 0 Å². The van der Waals surface area contributed by atoms with Crippen LogP contribution < -0.4 is 11.4 Å². The van der Waals surface area contributed by atoms with E-state index in [4.69, 9.17) is 5.11 Å². The van der Waals surface area contributed by atoms with E-state index in [1.54, 1.807) is 18.2 Å². The molecule has 0 atom stereocenters. The maximum atomic E-state index is 11.9. The zero-order valence-electron chi connectivity index (χ0n) is 11.2. The fourth-order valence-corrected chi connectivity index (χ4v) is 2.12. The van der Waals surface area contributed by atoms with E-state index in [-0.39, 0.29) is 23.1 Å². The van der Waals surface area contributed by atoms with Gasteiger partial charge in [0.1, 0.15) is 5.39 Å². The summed E-state index contributed by atoms with van der Waals surface area (Å²) in [5.41, 5.74) is 0.336. The summed E-state index contributed by atoms with van der Waals surface area (Å²) in [6.07, 6.45) is 1.48. The number of carboxylic acid groups (broad SMARTS) is 1. The predicted molar refractivity (Wildman–Crippen MR) is 77.0 cm³/mol. The summed E-state index contributed by atoms with van der Waals surface area (Å²) in [6.45, 7) is 0.121. The van der Waals surface area contributed by atoms with Crippen LogP contribution in [0.4, 0.5) is 0 Å². The minimum atomic E-state index is -1.03. The molecular weight excluding hydrogens is 288 g/mol. The normalized spacial score (nSPS) is 10.7. The molecule has 7 nitrogen and oxygen atoms in total. The van der Waals surface area contributed by atoms with Crippen molar-refractivity contribution in [2.75, 3.05) is 0 Å². The van der Waals surface area contributed by atoms with Gasteiger partial charge in [0.05, 0.1) is 12.1 Å². The molecule has 1 N–H and O–H groups in total. The van der Waals surface area contributed by atoms with Crippen molar-refractivity contribution in [3.8, 4) is 0 Å². The number of hydrogen-bond acceptors (Lipinski definition) is 5. The molecule has 0 aliphatic heterocycles. The number of aromatic carboxylic acids is 1. The van der Waals surface area contributed by atoms with Crippen molar-refractivity contribution < 1.29 is 14.3 Å². The highest BCUT2D eigenvalue weighted by molar-refractivity contribution is 5.87. The van der Waals surface area contributed by atoms with Gasteiger partial charge >= 0.3 is 17.4 Å². The molecule has 1 aromatic carbocycles. The van der Waals surface area contributed by atoms with Crippen LogP contribution in [-0.2, 0) is 6.54 Å². The lowest BCUT2D eigenvalue weighted by Gasteiger charge is -2.07. The minimum absolute atomic E-state index is 0.121. The van der Waals surface area contributed by atoms with Crippen LogP contribution >= 0.6 is 0 Å². The number of pyridine rings is 1. The Labute approximate surface area is 123 Å². The van der Waals surface area contributed by atoms with Crippen LogP contribution in [0.2, 0.25) is 0 Å². The molecule has 2 heterocycles. The van der Waals surface area contributed by atoms with Crippen LogP contribution in [0.15, 0.2) is 56.6 Å². The van der Waals surface area contributed by atoms with Crippen molar-refractivity contribution in [3.63, 3.8) is 0 Å². The van der Waals surface area contributed by atoms with E-state index in [0.29, 0.717) is 5.56 Å². The molecule has 0 radical (unpaired) electrons. The number of hydrogen-bond donors (Lipinski definition) is 1. The Morgan fingerprint density at radius 1 is 1.18 bits per heavy atom. The Bertz CT molecular complexity index is 970. The molecule has 0 fully saturated rings. The first kappa shape index (κ1) is 13.7. The van der Waals surface area contributed by atoms with Crippen LogP contribution in [0.5, 0.6) is 0 Å². The molecule has 0 saturated carbocycles. The highest BCUT2D eigenvalue weighted by Crippen LogP contribution is 2.09. The van der Waals surface area contributed by atoms with Crippen LogP contribution in [0.1, 0.15) is 15.9 Å². The zero-order chi connectivity index (χ0) is 15.7. The lowest BCUT2D eigenvalue weighted by atomic mass is 10.1. The molecule has 110 valence electrons. The van der Waals surface area contributed by atoms with Crippen LogP contribution in [0.3, 0.4) is 0 Å². The zero-order valence-corrected chi connectivity index (χ0v) is 11.2. The summed E-state index contributed by atoms with van der Waals surface area (Å²) in [4.78, 5) is 38.4. The SMILES string of the molecule is O=C(O)c1ccc(Cn2c(=O)oc(=O)c3cccnc32)cc1. The quantitative estimate of drug-likeness (QED) is 0.776. The van der Waals surface area contributed by atoms with E-state index in [1.807, 2.05) is 0 Å². The number of rotatable bonds is 3. The minimum Gasteiger partial charge on any atom is -0.478 e. The molecule has 3 rings (SSSR count). The average Bonchev–Trinajstić information content (AvgIpc) is 2.52. The fourth-order valence-electron chi connectivity index (χ4n) is 2.12. The van der Waals surface area contributed by atoms with Crippen LogP contribution in [-0.4, -0.2) is 20.6 Å². The summed E-state index contributed by atoms with van der Waals surface area (Å²) in [6, 6.07) is 9.17. The maximum Gasteiger partial charge on any atom is 0.423 e. The Kier molecular flexibility index (Phi) is 3.30. The number of benzene rings is 1. The van der Waals surface area contributed by atoms with Crippen molar-refractivity contribution >= 4 is 17.0 Å². The average molecular weight is 298 g/mol. The number of carbonyl (C=O) groups is 1. The molecule has 0 unspecified atom stereocenters. The van der Waals surface area contributed by atoms with E-state index >= 15 is 0 Å². The topological polar surface area (TPSA) is 102 Å². The summed E-state index contributed by atoms with van der Waals surface area (Å²) in [5.74, 6) is -1.83. The summed E-state index contributed by atoms with van der Waals surface area (Å²) in [7, 11) is 0. The van der Waals surface area contributed by atoms with Gasteiger partial charge in [-0.3, -0.25) is 4.57 Å². The Morgan fingerprint density at radius 3 is 2.59 bits per heavy atom. The lowest BCUT2D eigenvalue weighted by Crippen LogP contribution is -2.26. The van der Waals surface area contributed by atoms with Crippen molar-refractivity contribution in [3.05, 3.63) is 74.7 Å². The summed E-state index contributed by atoms with van der Waals surface area (Å²) in [5, 5.41) is 9.08. The van der Waals surface area contributed by atoms with Crippen molar-refractivity contribution in [2.24, 2.45) is 0 Å². The first-order valence-electron chi connectivity index (χ1n) is 6.37. The predicted octanol–water partition coefficient (Wildman–Crippen LogP) is 1.10. The molecule has 0 spiro atoms. The molecule has 3 aromatic rings. The van der Waals surface area contributed by atoms with Gasteiger partial charge in [-0.15, -0.1) is 0 Å². The number of carboxylic acids is 1. The summed E-state index contributed by atoms with van der Waals surface area (Å²) >= 11 is 0. The first-order chi connectivity index (χ1) is 10.6. The molecule has 7 heteroatoms. The van der Waals surface area contributed by atoms with Gasteiger partial charge in [-0.1, -0.05) is 12.1 Å². The molecular formula is C15H10N2O5. The molecule has 2 aromatic heterocycles. The molecule has 0 saturated heterocycles. The third kappa shape index (κ3) is 2.39.